The lowest BCUT2D eigenvalue weighted by molar-refractivity contribution is -0.120. The van der Waals surface area contributed by atoms with Crippen molar-refractivity contribution in [2.75, 3.05) is 19.0 Å². The molecule has 2 N–H and O–H groups in total. The van der Waals surface area contributed by atoms with Gasteiger partial charge in [0.2, 0.25) is 5.91 Å². The molecule has 0 saturated carbocycles. The minimum Gasteiger partial charge on any atom is -0.495 e. The molecule has 19 heavy (non-hydrogen) atoms. The molecule has 2 atom stereocenters. The van der Waals surface area contributed by atoms with E-state index in [1.807, 2.05) is 13.0 Å². The van der Waals surface area contributed by atoms with Crippen LogP contribution in [-0.2, 0) is 4.79 Å². The van der Waals surface area contributed by atoms with Crippen molar-refractivity contribution in [3.63, 3.8) is 0 Å². The maximum absolute atomic E-state index is 12.2. The Morgan fingerprint density at radius 2 is 2.16 bits per heavy atom. The fourth-order valence-electron chi connectivity index (χ4n) is 2.22. The smallest absolute Gasteiger partial charge is 0.229 e. The van der Waals surface area contributed by atoms with E-state index in [-0.39, 0.29) is 17.9 Å². The van der Waals surface area contributed by atoms with E-state index >= 15 is 0 Å². The van der Waals surface area contributed by atoms with Gasteiger partial charge in [-0.15, -0.1) is 0 Å². The van der Waals surface area contributed by atoms with E-state index in [0.29, 0.717) is 5.75 Å². The molecule has 2 rings (SSSR count). The normalized spacial score (nSPS) is 22.3. The lowest BCUT2D eigenvalue weighted by Crippen LogP contribution is -2.32. The third-order valence-electron chi connectivity index (χ3n) is 3.36. The SMILES string of the molecule is COc1cc(NC(=O)C2CCNC2C)c(Br)cc1Br. The summed E-state index contributed by atoms with van der Waals surface area (Å²) >= 11 is 6.85. The van der Waals surface area contributed by atoms with Crippen LogP contribution in [0.15, 0.2) is 21.1 Å². The lowest BCUT2D eigenvalue weighted by atomic mass is 10.0. The van der Waals surface area contributed by atoms with Gasteiger partial charge in [-0.25, -0.2) is 0 Å². The first kappa shape index (κ1) is 14.8. The summed E-state index contributed by atoms with van der Waals surface area (Å²) < 4.78 is 6.91. The zero-order valence-electron chi connectivity index (χ0n) is 10.8. The van der Waals surface area contributed by atoms with Gasteiger partial charge < -0.3 is 15.4 Å². The summed E-state index contributed by atoms with van der Waals surface area (Å²) in [4.78, 5) is 12.2. The molecule has 1 aliphatic heterocycles. The number of anilines is 1. The van der Waals surface area contributed by atoms with Crippen molar-refractivity contribution >= 4 is 43.5 Å². The summed E-state index contributed by atoms with van der Waals surface area (Å²) in [6.07, 6.45) is 0.873. The van der Waals surface area contributed by atoms with Crippen molar-refractivity contribution in [1.29, 1.82) is 0 Å². The maximum Gasteiger partial charge on any atom is 0.229 e. The summed E-state index contributed by atoms with van der Waals surface area (Å²) in [6.45, 7) is 2.93. The molecule has 0 radical (unpaired) electrons. The Morgan fingerprint density at radius 3 is 2.74 bits per heavy atom. The second kappa shape index (κ2) is 6.24. The zero-order valence-corrected chi connectivity index (χ0v) is 14.0. The number of ether oxygens (including phenoxy) is 1. The van der Waals surface area contributed by atoms with Crippen LogP contribution in [0.3, 0.4) is 0 Å². The van der Waals surface area contributed by atoms with E-state index in [2.05, 4.69) is 42.5 Å². The molecular formula is C13H16Br2N2O2. The molecule has 1 aromatic carbocycles. The summed E-state index contributed by atoms with van der Waals surface area (Å²) in [6, 6.07) is 3.89. The minimum atomic E-state index is 0.0153. The number of carbonyl (C=O) groups excluding carboxylic acids is 1. The number of nitrogens with one attached hydrogen (secondary N) is 2. The number of hydrogen-bond donors (Lipinski definition) is 2. The second-order valence-electron chi connectivity index (χ2n) is 4.59. The average Bonchev–Trinajstić information content (AvgIpc) is 2.79. The van der Waals surface area contributed by atoms with Crippen LogP contribution < -0.4 is 15.4 Å². The van der Waals surface area contributed by atoms with Crippen LogP contribution in [0, 0.1) is 5.92 Å². The minimum absolute atomic E-state index is 0.0153. The Labute approximate surface area is 129 Å². The Balaban J connectivity index is 2.16. The van der Waals surface area contributed by atoms with Crippen LogP contribution in [0.5, 0.6) is 5.75 Å². The van der Waals surface area contributed by atoms with Crippen molar-refractivity contribution in [2.24, 2.45) is 5.92 Å². The third kappa shape index (κ3) is 3.30. The predicted molar refractivity (Wildman–Crippen MR) is 82.6 cm³/mol. The van der Waals surface area contributed by atoms with Crippen molar-refractivity contribution in [3.05, 3.63) is 21.1 Å². The van der Waals surface area contributed by atoms with Gasteiger partial charge in [0.25, 0.3) is 0 Å². The van der Waals surface area contributed by atoms with Crippen LogP contribution in [0.4, 0.5) is 5.69 Å². The Bertz CT molecular complexity index is 494. The fourth-order valence-corrected chi connectivity index (χ4v) is 3.48. The van der Waals surface area contributed by atoms with Crippen LogP contribution in [0.2, 0.25) is 0 Å². The van der Waals surface area contributed by atoms with Gasteiger partial charge >= 0.3 is 0 Å². The summed E-state index contributed by atoms with van der Waals surface area (Å²) in [5.74, 6) is 0.750. The number of rotatable bonds is 3. The van der Waals surface area contributed by atoms with Gasteiger partial charge in [0, 0.05) is 16.6 Å². The highest BCUT2D eigenvalue weighted by Gasteiger charge is 2.29. The molecule has 1 aliphatic rings. The maximum atomic E-state index is 12.2. The summed E-state index contributed by atoms with van der Waals surface area (Å²) in [7, 11) is 1.60. The number of hydrogen-bond acceptors (Lipinski definition) is 3. The first-order valence-electron chi connectivity index (χ1n) is 6.10. The molecule has 0 aliphatic carbocycles. The second-order valence-corrected chi connectivity index (χ2v) is 6.30. The standard InChI is InChI=1S/C13H16Br2N2O2/c1-7-8(3-4-16-7)13(18)17-11-6-12(19-2)10(15)5-9(11)14/h5-8,16H,3-4H2,1-2H3,(H,17,18). The molecule has 4 nitrogen and oxygen atoms in total. The average molecular weight is 392 g/mol. The van der Waals surface area contributed by atoms with E-state index in [9.17, 15) is 4.79 Å². The highest BCUT2D eigenvalue weighted by atomic mass is 79.9. The van der Waals surface area contributed by atoms with E-state index in [0.717, 1.165) is 27.6 Å². The third-order valence-corrected chi connectivity index (χ3v) is 4.64. The number of carbonyl (C=O) groups is 1. The molecule has 0 bridgehead atoms. The molecule has 1 amide bonds. The van der Waals surface area contributed by atoms with E-state index < -0.39 is 0 Å². The van der Waals surface area contributed by atoms with Gasteiger partial charge in [0.05, 0.1) is 23.2 Å². The first-order valence-corrected chi connectivity index (χ1v) is 7.68. The van der Waals surface area contributed by atoms with Crippen LogP contribution in [0.25, 0.3) is 0 Å². The topological polar surface area (TPSA) is 50.4 Å². The lowest BCUT2D eigenvalue weighted by Gasteiger charge is -2.16. The molecule has 0 aromatic heterocycles. The van der Waals surface area contributed by atoms with E-state index in [1.54, 1.807) is 13.2 Å². The summed E-state index contributed by atoms with van der Waals surface area (Å²) in [5, 5.41) is 6.24. The summed E-state index contributed by atoms with van der Waals surface area (Å²) in [5.41, 5.74) is 0.726. The number of methoxy groups -OCH3 is 1. The predicted octanol–water partition coefficient (Wildman–Crippen LogP) is 3.16. The molecular weight excluding hydrogens is 376 g/mol. The quantitative estimate of drug-likeness (QED) is 0.831. The van der Waals surface area contributed by atoms with Crippen molar-refractivity contribution in [3.8, 4) is 5.75 Å². The van der Waals surface area contributed by atoms with Crippen LogP contribution in [0.1, 0.15) is 13.3 Å². The van der Waals surface area contributed by atoms with Crippen molar-refractivity contribution < 1.29 is 9.53 Å². The van der Waals surface area contributed by atoms with Crippen molar-refractivity contribution in [1.82, 2.24) is 5.32 Å². The van der Waals surface area contributed by atoms with Crippen molar-refractivity contribution in [2.45, 2.75) is 19.4 Å². The van der Waals surface area contributed by atoms with Gasteiger partial charge in [-0.2, -0.15) is 0 Å². The Kier molecular flexibility index (Phi) is 4.86. The highest BCUT2D eigenvalue weighted by Crippen LogP contribution is 2.35. The number of amides is 1. The monoisotopic (exact) mass is 390 g/mol. The molecule has 6 heteroatoms. The van der Waals surface area contributed by atoms with Gasteiger partial charge in [-0.1, -0.05) is 0 Å². The largest absolute Gasteiger partial charge is 0.495 e. The van der Waals surface area contributed by atoms with Gasteiger partial charge in [0.15, 0.2) is 0 Å². The van der Waals surface area contributed by atoms with Crippen LogP contribution >= 0.6 is 31.9 Å². The Morgan fingerprint density at radius 1 is 1.42 bits per heavy atom. The molecule has 1 fully saturated rings. The number of benzene rings is 1. The van der Waals surface area contributed by atoms with Gasteiger partial charge in [-0.3, -0.25) is 4.79 Å². The number of halogens is 2. The molecule has 0 spiro atoms. The van der Waals surface area contributed by atoms with E-state index in [4.69, 9.17) is 4.74 Å². The molecule has 2 unspecified atom stereocenters. The van der Waals surface area contributed by atoms with Gasteiger partial charge in [0.1, 0.15) is 5.75 Å². The van der Waals surface area contributed by atoms with E-state index in [1.165, 1.54) is 0 Å². The first-order chi connectivity index (χ1) is 9.02. The van der Waals surface area contributed by atoms with Gasteiger partial charge in [-0.05, 0) is 57.8 Å². The van der Waals surface area contributed by atoms with Crippen LogP contribution in [-0.4, -0.2) is 25.6 Å². The molecule has 1 heterocycles. The molecule has 1 aromatic rings. The fraction of sp³-hybridized carbons (Fsp3) is 0.462. The highest BCUT2D eigenvalue weighted by molar-refractivity contribution is 9.11. The Hall–Kier alpha value is -0.590. The molecule has 1 saturated heterocycles. The zero-order chi connectivity index (χ0) is 14.0. The molecule has 104 valence electrons.